The number of rotatable bonds is 6. The normalized spacial score (nSPS) is 21.0. The molecular weight excluding hydrogens is 194 g/mol. The fourth-order valence-corrected chi connectivity index (χ4v) is 1.46. The van der Waals surface area contributed by atoms with Crippen LogP contribution in [0.3, 0.4) is 0 Å². The Morgan fingerprint density at radius 1 is 1.67 bits per heavy atom. The summed E-state index contributed by atoms with van der Waals surface area (Å²) in [6, 6.07) is 0. The van der Waals surface area contributed by atoms with Gasteiger partial charge in [-0.25, -0.2) is 4.79 Å². The quantitative estimate of drug-likeness (QED) is 0.401. The largest absolute Gasteiger partial charge is 0.463 e. The van der Waals surface area contributed by atoms with Crippen molar-refractivity contribution in [1.82, 2.24) is 5.32 Å². The molecule has 0 spiro atoms. The molecular formula is C11H19NO3. The SMILES string of the molecule is CCOC(=O)/C=C/CNCC1CCOC1. The third kappa shape index (κ3) is 5.54. The smallest absolute Gasteiger partial charge is 0.330 e. The van der Waals surface area contributed by atoms with Crippen LogP contribution in [0.2, 0.25) is 0 Å². The van der Waals surface area contributed by atoms with E-state index in [0.717, 1.165) is 26.2 Å². The third-order valence-corrected chi connectivity index (χ3v) is 2.26. The van der Waals surface area contributed by atoms with Crippen molar-refractivity contribution >= 4 is 5.97 Å². The number of esters is 1. The van der Waals surface area contributed by atoms with Crippen LogP contribution in [0.15, 0.2) is 12.2 Å². The molecule has 86 valence electrons. The predicted octanol–water partition coefficient (Wildman–Crippen LogP) is 0.732. The zero-order chi connectivity index (χ0) is 10.9. The van der Waals surface area contributed by atoms with Gasteiger partial charge >= 0.3 is 5.97 Å². The molecule has 0 saturated carbocycles. The maximum atomic E-state index is 10.9. The highest BCUT2D eigenvalue weighted by Crippen LogP contribution is 2.10. The molecule has 4 nitrogen and oxygen atoms in total. The molecule has 0 aromatic carbocycles. The summed E-state index contributed by atoms with van der Waals surface area (Å²) in [5, 5.41) is 3.25. The van der Waals surface area contributed by atoms with Gasteiger partial charge in [-0.3, -0.25) is 0 Å². The van der Waals surface area contributed by atoms with Crippen molar-refractivity contribution in [2.24, 2.45) is 5.92 Å². The molecule has 0 amide bonds. The summed E-state index contributed by atoms with van der Waals surface area (Å²) in [7, 11) is 0. The number of carbonyl (C=O) groups is 1. The molecule has 1 fully saturated rings. The first-order valence-corrected chi connectivity index (χ1v) is 5.44. The summed E-state index contributed by atoms with van der Waals surface area (Å²) in [5.41, 5.74) is 0. The second-order valence-electron chi connectivity index (χ2n) is 3.54. The summed E-state index contributed by atoms with van der Waals surface area (Å²) < 4.78 is 10.0. The van der Waals surface area contributed by atoms with E-state index >= 15 is 0 Å². The van der Waals surface area contributed by atoms with Gasteiger partial charge in [-0.1, -0.05) is 6.08 Å². The molecule has 1 heterocycles. The summed E-state index contributed by atoms with van der Waals surface area (Å²) in [6.45, 7) is 5.61. The average Bonchev–Trinajstić information content (AvgIpc) is 2.70. The maximum Gasteiger partial charge on any atom is 0.330 e. The van der Waals surface area contributed by atoms with Crippen LogP contribution in [0, 0.1) is 5.92 Å². The van der Waals surface area contributed by atoms with E-state index in [9.17, 15) is 4.79 Å². The lowest BCUT2D eigenvalue weighted by Crippen LogP contribution is -2.23. The molecule has 0 aliphatic carbocycles. The number of ether oxygens (including phenoxy) is 2. The first kappa shape index (κ1) is 12.2. The zero-order valence-electron chi connectivity index (χ0n) is 9.20. The summed E-state index contributed by atoms with van der Waals surface area (Å²) >= 11 is 0. The lowest BCUT2D eigenvalue weighted by molar-refractivity contribution is -0.137. The van der Waals surface area contributed by atoms with Crippen LogP contribution in [-0.4, -0.2) is 38.9 Å². The van der Waals surface area contributed by atoms with Crippen LogP contribution in [-0.2, 0) is 14.3 Å². The lowest BCUT2D eigenvalue weighted by Gasteiger charge is -2.06. The minimum absolute atomic E-state index is 0.275. The Bertz CT molecular complexity index is 210. The number of hydrogen-bond acceptors (Lipinski definition) is 4. The first-order chi connectivity index (χ1) is 7.33. The van der Waals surface area contributed by atoms with Crippen molar-refractivity contribution in [2.45, 2.75) is 13.3 Å². The van der Waals surface area contributed by atoms with E-state index in [1.807, 2.05) is 0 Å². The van der Waals surface area contributed by atoms with Gasteiger partial charge in [0.1, 0.15) is 0 Å². The lowest BCUT2D eigenvalue weighted by atomic mass is 10.1. The Hall–Kier alpha value is -0.870. The van der Waals surface area contributed by atoms with E-state index in [4.69, 9.17) is 9.47 Å². The summed E-state index contributed by atoms with van der Waals surface area (Å²) in [4.78, 5) is 10.9. The molecule has 0 radical (unpaired) electrons. The van der Waals surface area contributed by atoms with Crippen LogP contribution in [0.4, 0.5) is 0 Å². The van der Waals surface area contributed by atoms with Crippen LogP contribution in [0.5, 0.6) is 0 Å². The van der Waals surface area contributed by atoms with Gasteiger partial charge in [0.15, 0.2) is 0 Å². The van der Waals surface area contributed by atoms with E-state index < -0.39 is 0 Å². The first-order valence-electron chi connectivity index (χ1n) is 5.44. The van der Waals surface area contributed by atoms with Crippen molar-refractivity contribution < 1.29 is 14.3 Å². The van der Waals surface area contributed by atoms with E-state index in [0.29, 0.717) is 19.1 Å². The molecule has 1 aliphatic heterocycles. The Balaban J connectivity index is 1.97. The Morgan fingerprint density at radius 2 is 2.53 bits per heavy atom. The minimum atomic E-state index is -0.275. The topological polar surface area (TPSA) is 47.6 Å². The van der Waals surface area contributed by atoms with Crippen LogP contribution in [0.25, 0.3) is 0 Å². The standard InChI is InChI=1S/C11H19NO3/c1-2-15-11(13)4-3-6-12-8-10-5-7-14-9-10/h3-4,10,12H,2,5-9H2,1H3/b4-3+. The van der Waals surface area contributed by atoms with Crippen molar-refractivity contribution in [3.05, 3.63) is 12.2 Å². The van der Waals surface area contributed by atoms with E-state index in [1.54, 1.807) is 13.0 Å². The molecule has 1 atom stereocenters. The van der Waals surface area contributed by atoms with Gasteiger partial charge in [0.25, 0.3) is 0 Å². The molecule has 0 bridgehead atoms. The average molecular weight is 213 g/mol. The monoisotopic (exact) mass is 213 g/mol. The van der Waals surface area contributed by atoms with Gasteiger partial charge in [0, 0.05) is 25.8 Å². The molecule has 0 aromatic heterocycles. The predicted molar refractivity (Wildman–Crippen MR) is 57.6 cm³/mol. The second kappa shape index (κ2) is 7.43. The van der Waals surface area contributed by atoms with Gasteiger partial charge < -0.3 is 14.8 Å². The number of carbonyl (C=O) groups excluding carboxylic acids is 1. The summed E-state index contributed by atoms with van der Waals surface area (Å²) in [5.74, 6) is 0.351. The second-order valence-corrected chi connectivity index (χ2v) is 3.54. The molecule has 1 unspecified atom stereocenters. The van der Waals surface area contributed by atoms with Crippen molar-refractivity contribution in [3.8, 4) is 0 Å². The molecule has 0 aromatic rings. The fourth-order valence-electron chi connectivity index (χ4n) is 1.46. The van der Waals surface area contributed by atoms with Crippen molar-refractivity contribution in [3.63, 3.8) is 0 Å². The van der Waals surface area contributed by atoms with Crippen LogP contribution in [0.1, 0.15) is 13.3 Å². The highest BCUT2D eigenvalue weighted by Gasteiger charge is 2.13. The molecule has 15 heavy (non-hydrogen) atoms. The zero-order valence-corrected chi connectivity index (χ0v) is 9.20. The van der Waals surface area contributed by atoms with Crippen LogP contribution >= 0.6 is 0 Å². The maximum absolute atomic E-state index is 10.9. The molecule has 1 saturated heterocycles. The Labute approximate surface area is 90.6 Å². The summed E-state index contributed by atoms with van der Waals surface area (Å²) in [6.07, 6.45) is 4.38. The van der Waals surface area contributed by atoms with E-state index in [-0.39, 0.29) is 5.97 Å². The fraction of sp³-hybridized carbons (Fsp3) is 0.727. The van der Waals surface area contributed by atoms with E-state index in [1.165, 1.54) is 6.08 Å². The molecule has 4 heteroatoms. The molecule has 1 aliphatic rings. The van der Waals surface area contributed by atoms with Gasteiger partial charge in [-0.05, 0) is 19.3 Å². The Kier molecular flexibility index (Phi) is 6.04. The van der Waals surface area contributed by atoms with Gasteiger partial charge in [-0.2, -0.15) is 0 Å². The Morgan fingerprint density at radius 3 is 3.20 bits per heavy atom. The van der Waals surface area contributed by atoms with Gasteiger partial charge in [0.05, 0.1) is 13.2 Å². The van der Waals surface area contributed by atoms with Crippen molar-refractivity contribution in [2.75, 3.05) is 32.9 Å². The highest BCUT2D eigenvalue weighted by molar-refractivity contribution is 5.81. The van der Waals surface area contributed by atoms with Gasteiger partial charge in [0.2, 0.25) is 0 Å². The number of nitrogens with one attached hydrogen (secondary N) is 1. The number of hydrogen-bond donors (Lipinski definition) is 1. The highest BCUT2D eigenvalue weighted by atomic mass is 16.5. The molecule has 1 rings (SSSR count). The van der Waals surface area contributed by atoms with Gasteiger partial charge in [-0.15, -0.1) is 0 Å². The van der Waals surface area contributed by atoms with Crippen molar-refractivity contribution in [1.29, 1.82) is 0 Å². The third-order valence-electron chi connectivity index (χ3n) is 2.26. The van der Waals surface area contributed by atoms with E-state index in [2.05, 4.69) is 5.32 Å². The molecule has 1 N–H and O–H groups in total. The minimum Gasteiger partial charge on any atom is -0.463 e. The van der Waals surface area contributed by atoms with Crippen LogP contribution < -0.4 is 5.32 Å².